The van der Waals surface area contributed by atoms with Crippen molar-refractivity contribution in [2.75, 3.05) is 5.32 Å². The molecule has 2 aromatic rings. The molecule has 0 aliphatic heterocycles. The third kappa shape index (κ3) is 3.51. The van der Waals surface area contributed by atoms with Gasteiger partial charge in [-0.1, -0.05) is 0 Å². The molecule has 2 N–H and O–H groups in total. The molecule has 0 atom stereocenters. The normalized spacial score (nSPS) is 10.2. The lowest BCUT2D eigenvalue weighted by Gasteiger charge is -2.08. The van der Waals surface area contributed by atoms with Crippen molar-refractivity contribution in [1.29, 1.82) is 0 Å². The summed E-state index contributed by atoms with van der Waals surface area (Å²) in [5, 5.41) is 11.7. The van der Waals surface area contributed by atoms with E-state index < -0.39 is 11.8 Å². The van der Waals surface area contributed by atoms with Crippen LogP contribution in [0.15, 0.2) is 41.1 Å². The summed E-state index contributed by atoms with van der Waals surface area (Å²) in [6.07, 6.45) is 3.30. The number of hydrogen-bond acceptors (Lipinski definition) is 3. The number of nitrogens with zero attached hydrogens (tertiary/aromatic N) is 1. The van der Waals surface area contributed by atoms with Crippen molar-refractivity contribution in [3.8, 4) is 0 Å². The fourth-order valence-corrected chi connectivity index (χ4v) is 1.96. The van der Waals surface area contributed by atoms with Gasteiger partial charge >= 0.3 is 5.97 Å². The number of hydrogen-bond donors (Lipinski definition) is 2. The van der Waals surface area contributed by atoms with E-state index in [1.54, 1.807) is 12.4 Å². The first-order chi connectivity index (χ1) is 9.06. The van der Waals surface area contributed by atoms with Crippen LogP contribution in [0.5, 0.6) is 0 Å². The molecule has 0 unspecified atom stereocenters. The molecule has 1 heterocycles. The maximum absolute atomic E-state index is 13.5. The molecule has 2 rings (SSSR count). The summed E-state index contributed by atoms with van der Waals surface area (Å²) in [5.74, 6) is -1.58. The summed E-state index contributed by atoms with van der Waals surface area (Å²) in [6, 6.07) is 5.47. The Balaban J connectivity index is 2.15. The predicted octanol–water partition coefficient (Wildman–Crippen LogP) is 3.29. The van der Waals surface area contributed by atoms with Gasteiger partial charge in [-0.15, -0.1) is 0 Å². The van der Waals surface area contributed by atoms with Gasteiger partial charge in [0.15, 0.2) is 0 Å². The molecule has 0 aliphatic carbocycles. The standard InChI is InChI=1S/C13H10BrFN2O2/c14-10-3-8(5-16-7-10)6-17-12-4-9(13(18)19)1-2-11(12)15/h1-5,7,17H,6H2,(H,18,19). The van der Waals surface area contributed by atoms with Gasteiger partial charge in [0, 0.05) is 23.4 Å². The van der Waals surface area contributed by atoms with Crippen LogP contribution in [0.3, 0.4) is 0 Å². The van der Waals surface area contributed by atoms with Crippen LogP contribution in [0, 0.1) is 5.82 Å². The number of halogens is 2. The smallest absolute Gasteiger partial charge is 0.335 e. The Morgan fingerprint density at radius 3 is 2.84 bits per heavy atom. The summed E-state index contributed by atoms with van der Waals surface area (Å²) in [4.78, 5) is 14.8. The molecule has 0 saturated carbocycles. The Morgan fingerprint density at radius 1 is 1.37 bits per heavy atom. The zero-order valence-corrected chi connectivity index (χ0v) is 11.3. The summed E-state index contributed by atoms with van der Waals surface area (Å²) >= 11 is 3.29. The van der Waals surface area contributed by atoms with Crippen molar-refractivity contribution in [2.45, 2.75) is 6.54 Å². The second-order valence-corrected chi connectivity index (χ2v) is 4.78. The highest BCUT2D eigenvalue weighted by molar-refractivity contribution is 9.10. The molecule has 1 aromatic carbocycles. The van der Waals surface area contributed by atoms with Crippen molar-refractivity contribution in [2.24, 2.45) is 0 Å². The van der Waals surface area contributed by atoms with E-state index >= 15 is 0 Å². The summed E-state index contributed by atoms with van der Waals surface area (Å²) in [5.41, 5.74) is 1.05. The minimum absolute atomic E-state index is 0.0382. The SMILES string of the molecule is O=C(O)c1ccc(F)c(NCc2cncc(Br)c2)c1. The van der Waals surface area contributed by atoms with E-state index in [-0.39, 0.29) is 11.3 Å². The largest absolute Gasteiger partial charge is 0.478 e. The van der Waals surface area contributed by atoms with Gasteiger partial charge in [0.25, 0.3) is 0 Å². The second-order valence-electron chi connectivity index (χ2n) is 3.86. The first-order valence-electron chi connectivity index (χ1n) is 5.42. The highest BCUT2D eigenvalue weighted by Crippen LogP contribution is 2.18. The van der Waals surface area contributed by atoms with Crippen LogP contribution in [-0.4, -0.2) is 16.1 Å². The van der Waals surface area contributed by atoms with E-state index in [0.29, 0.717) is 6.54 Å². The third-order valence-corrected chi connectivity index (χ3v) is 2.89. The van der Waals surface area contributed by atoms with Gasteiger partial charge in [-0.05, 0) is 45.8 Å². The Hall–Kier alpha value is -1.95. The Bertz CT molecular complexity index is 619. The van der Waals surface area contributed by atoms with Crippen LogP contribution in [0.2, 0.25) is 0 Å². The number of carboxylic acids is 1. The molecule has 1 aromatic heterocycles. The summed E-state index contributed by atoms with van der Waals surface area (Å²) in [6.45, 7) is 0.354. The highest BCUT2D eigenvalue weighted by Gasteiger charge is 2.08. The van der Waals surface area contributed by atoms with E-state index in [1.807, 2.05) is 6.07 Å². The molecule has 4 nitrogen and oxygen atoms in total. The van der Waals surface area contributed by atoms with Crippen molar-refractivity contribution < 1.29 is 14.3 Å². The average Bonchev–Trinajstić information content (AvgIpc) is 2.37. The van der Waals surface area contributed by atoms with E-state index in [0.717, 1.165) is 16.1 Å². The predicted molar refractivity (Wildman–Crippen MR) is 72.6 cm³/mol. The number of rotatable bonds is 4. The molecular formula is C13H10BrFN2O2. The van der Waals surface area contributed by atoms with Gasteiger partial charge in [0.1, 0.15) is 5.82 Å². The maximum Gasteiger partial charge on any atom is 0.335 e. The number of aromatic carboxylic acids is 1. The molecule has 0 bridgehead atoms. The number of carboxylic acid groups (broad SMARTS) is 1. The molecular weight excluding hydrogens is 315 g/mol. The number of aromatic nitrogens is 1. The molecule has 0 aliphatic rings. The van der Waals surface area contributed by atoms with Crippen LogP contribution in [0.25, 0.3) is 0 Å². The van der Waals surface area contributed by atoms with Gasteiger partial charge in [0.2, 0.25) is 0 Å². The van der Waals surface area contributed by atoms with Crippen LogP contribution < -0.4 is 5.32 Å². The minimum Gasteiger partial charge on any atom is -0.478 e. The van der Waals surface area contributed by atoms with Crippen LogP contribution >= 0.6 is 15.9 Å². The van der Waals surface area contributed by atoms with Crippen molar-refractivity contribution in [3.63, 3.8) is 0 Å². The molecule has 0 amide bonds. The number of benzene rings is 1. The monoisotopic (exact) mass is 324 g/mol. The number of carbonyl (C=O) groups is 1. The Morgan fingerprint density at radius 2 is 2.16 bits per heavy atom. The number of anilines is 1. The number of pyridine rings is 1. The molecule has 6 heteroatoms. The first kappa shape index (κ1) is 13.5. The van der Waals surface area contributed by atoms with Gasteiger partial charge in [0.05, 0.1) is 11.3 Å². The van der Waals surface area contributed by atoms with Gasteiger partial charge in [-0.3, -0.25) is 4.98 Å². The molecule has 0 radical (unpaired) electrons. The summed E-state index contributed by atoms with van der Waals surface area (Å²) in [7, 11) is 0. The van der Waals surface area contributed by atoms with E-state index in [9.17, 15) is 9.18 Å². The van der Waals surface area contributed by atoms with Crippen LogP contribution in [0.4, 0.5) is 10.1 Å². The lowest BCUT2D eigenvalue weighted by Crippen LogP contribution is -2.04. The molecule has 0 spiro atoms. The summed E-state index contributed by atoms with van der Waals surface area (Å²) < 4.78 is 14.4. The molecule has 0 saturated heterocycles. The van der Waals surface area contributed by atoms with Crippen LogP contribution in [-0.2, 0) is 6.54 Å². The molecule has 19 heavy (non-hydrogen) atoms. The van der Waals surface area contributed by atoms with E-state index in [4.69, 9.17) is 5.11 Å². The second kappa shape index (κ2) is 5.79. The van der Waals surface area contributed by atoms with Gasteiger partial charge < -0.3 is 10.4 Å². The third-order valence-electron chi connectivity index (χ3n) is 2.46. The lowest BCUT2D eigenvalue weighted by atomic mass is 10.2. The van der Waals surface area contributed by atoms with Crippen molar-refractivity contribution in [3.05, 3.63) is 58.1 Å². The minimum atomic E-state index is -1.09. The topological polar surface area (TPSA) is 62.2 Å². The lowest BCUT2D eigenvalue weighted by molar-refractivity contribution is 0.0697. The van der Waals surface area contributed by atoms with Crippen LogP contribution in [0.1, 0.15) is 15.9 Å². The zero-order valence-electron chi connectivity index (χ0n) is 9.73. The van der Waals surface area contributed by atoms with Gasteiger partial charge in [-0.2, -0.15) is 0 Å². The molecule has 0 fully saturated rings. The quantitative estimate of drug-likeness (QED) is 0.905. The van der Waals surface area contributed by atoms with E-state index in [2.05, 4.69) is 26.2 Å². The highest BCUT2D eigenvalue weighted by atomic mass is 79.9. The van der Waals surface area contributed by atoms with Crippen molar-refractivity contribution >= 4 is 27.6 Å². The van der Waals surface area contributed by atoms with Gasteiger partial charge in [-0.25, -0.2) is 9.18 Å². The zero-order chi connectivity index (χ0) is 13.8. The number of nitrogens with one attached hydrogen (secondary N) is 1. The average molecular weight is 325 g/mol. The van der Waals surface area contributed by atoms with E-state index in [1.165, 1.54) is 12.1 Å². The Kier molecular flexibility index (Phi) is 4.11. The molecule has 98 valence electrons. The fourth-order valence-electron chi connectivity index (χ4n) is 1.54. The van der Waals surface area contributed by atoms with Crippen molar-refractivity contribution in [1.82, 2.24) is 4.98 Å². The Labute approximate surface area is 117 Å². The first-order valence-corrected chi connectivity index (χ1v) is 6.21. The fraction of sp³-hybridized carbons (Fsp3) is 0.0769. The maximum atomic E-state index is 13.5.